The van der Waals surface area contributed by atoms with E-state index in [9.17, 15) is 10.1 Å². The van der Waals surface area contributed by atoms with E-state index in [4.69, 9.17) is 4.74 Å². The molecule has 2 aromatic carbocycles. The average Bonchev–Trinajstić information content (AvgIpc) is 2.89. The number of hydrogen-bond acceptors (Lipinski definition) is 4. The van der Waals surface area contributed by atoms with Crippen LogP contribution < -0.4 is 10.1 Å². The van der Waals surface area contributed by atoms with Crippen molar-refractivity contribution in [1.82, 2.24) is 10.2 Å². The molecule has 2 aromatic rings. The summed E-state index contributed by atoms with van der Waals surface area (Å²) in [5, 5.41) is 12.0. The summed E-state index contributed by atoms with van der Waals surface area (Å²) in [5.74, 6) is 0.990. The monoisotopic (exact) mass is 375 g/mol. The molecule has 28 heavy (non-hydrogen) atoms. The minimum absolute atomic E-state index is 0.218. The Bertz CT molecular complexity index is 928. The Kier molecular flexibility index (Phi) is 5.31. The minimum Gasteiger partial charge on any atom is -0.456 e. The number of amides is 1. The number of carbonyl (C=O) groups is 1. The average molecular weight is 375 g/mol. The van der Waals surface area contributed by atoms with Crippen molar-refractivity contribution in [3.63, 3.8) is 0 Å². The van der Waals surface area contributed by atoms with Gasteiger partial charge in [-0.3, -0.25) is 9.69 Å². The van der Waals surface area contributed by atoms with Gasteiger partial charge < -0.3 is 10.1 Å². The quantitative estimate of drug-likeness (QED) is 0.886. The van der Waals surface area contributed by atoms with Crippen LogP contribution in [-0.4, -0.2) is 37.0 Å². The number of rotatable bonds is 4. The topological polar surface area (TPSA) is 65.4 Å². The number of hydrogen-bond donors (Lipinski definition) is 1. The number of carbonyl (C=O) groups excluding carboxylic acids is 1. The van der Waals surface area contributed by atoms with E-state index < -0.39 is 0 Å². The second kappa shape index (κ2) is 8.04. The first-order valence-corrected chi connectivity index (χ1v) is 9.98. The van der Waals surface area contributed by atoms with Gasteiger partial charge in [0.05, 0.1) is 5.56 Å². The molecule has 1 fully saturated rings. The number of nitrogens with zero attached hydrogens (tertiary/aromatic N) is 2. The summed E-state index contributed by atoms with van der Waals surface area (Å²) in [6.07, 6.45) is 6.16. The van der Waals surface area contributed by atoms with E-state index >= 15 is 0 Å². The largest absolute Gasteiger partial charge is 0.456 e. The minimum atomic E-state index is -0.218. The fourth-order valence-electron chi connectivity index (χ4n) is 4.02. The van der Waals surface area contributed by atoms with Gasteiger partial charge in [-0.05, 0) is 67.1 Å². The SMILES string of the molecule is CNC(=O)c1ccc(Oc2ccc3c(c2)CCN(C2CCC2)CC3)c(C#N)c1. The number of nitriles is 1. The maximum atomic E-state index is 11.8. The van der Waals surface area contributed by atoms with Crippen molar-refractivity contribution in [2.45, 2.75) is 38.1 Å². The Balaban J connectivity index is 1.52. The van der Waals surface area contributed by atoms with Crippen LogP contribution in [0.1, 0.15) is 46.3 Å². The Labute approximate surface area is 165 Å². The Morgan fingerprint density at radius 3 is 2.61 bits per heavy atom. The van der Waals surface area contributed by atoms with Gasteiger partial charge in [0.1, 0.15) is 17.6 Å². The van der Waals surface area contributed by atoms with Crippen molar-refractivity contribution >= 4 is 5.91 Å². The smallest absolute Gasteiger partial charge is 0.251 e. The molecular formula is C23H25N3O2. The molecular weight excluding hydrogens is 350 g/mol. The molecule has 1 aliphatic heterocycles. The second-order valence-electron chi connectivity index (χ2n) is 7.56. The van der Waals surface area contributed by atoms with Crippen LogP contribution >= 0.6 is 0 Å². The van der Waals surface area contributed by atoms with Crippen LogP contribution in [0.15, 0.2) is 36.4 Å². The summed E-state index contributed by atoms with van der Waals surface area (Å²) in [6.45, 7) is 2.24. The standard InChI is InChI=1S/C23H25N3O2/c1-25-23(27)18-6-8-22(19(13-18)15-24)28-21-7-5-16-9-11-26(20-3-2-4-20)12-10-17(16)14-21/h5-8,13-14,20H,2-4,9-12H2,1H3,(H,25,27). The zero-order valence-corrected chi connectivity index (χ0v) is 16.2. The molecule has 2 aliphatic rings. The number of ether oxygens (including phenoxy) is 1. The molecule has 0 bridgehead atoms. The first-order valence-electron chi connectivity index (χ1n) is 9.98. The molecule has 5 heteroatoms. The maximum absolute atomic E-state index is 11.8. The van der Waals surface area contributed by atoms with Crippen molar-refractivity contribution in [3.05, 3.63) is 58.7 Å². The van der Waals surface area contributed by atoms with E-state index in [2.05, 4.69) is 28.4 Å². The second-order valence-corrected chi connectivity index (χ2v) is 7.56. The highest BCUT2D eigenvalue weighted by Gasteiger charge is 2.26. The Hall–Kier alpha value is -2.84. The molecule has 0 saturated heterocycles. The van der Waals surface area contributed by atoms with Gasteiger partial charge in [-0.15, -0.1) is 0 Å². The summed E-state index contributed by atoms with van der Waals surface area (Å²) < 4.78 is 6.01. The molecule has 1 saturated carbocycles. The number of nitrogens with one attached hydrogen (secondary N) is 1. The zero-order valence-electron chi connectivity index (χ0n) is 16.2. The van der Waals surface area contributed by atoms with Gasteiger partial charge in [0.25, 0.3) is 5.91 Å². The van der Waals surface area contributed by atoms with E-state index in [1.165, 1.54) is 30.4 Å². The fourth-order valence-corrected chi connectivity index (χ4v) is 4.02. The van der Waals surface area contributed by atoms with Gasteiger partial charge in [-0.2, -0.15) is 5.26 Å². The van der Waals surface area contributed by atoms with Crippen molar-refractivity contribution < 1.29 is 9.53 Å². The Morgan fingerprint density at radius 1 is 1.14 bits per heavy atom. The van der Waals surface area contributed by atoms with Crippen LogP contribution in [0.5, 0.6) is 11.5 Å². The lowest BCUT2D eigenvalue weighted by molar-refractivity contribution is 0.0963. The summed E-state index contributed by atoms with van der Waals surface area (Å²) in [4.78, 5) is 14.4. The molecule has 1 heterocycles. The molecule has 1 N–H and O–H groups in total. The number of fused-ring (bicyclic) bond motifs is 1. The molecule has 144 valence electrons. The predicted octanol–water partition coefficient (Wildman–Crippen LogP) is 3.66. The van der Waals surface area contributed by atoms with Gasteiger partial charge in [-0.1, -0.05) is 12.5 Å². The molecule has 0 spiro atoms. The fraction of sp³-hybridized carbons (Fsp3) is 0.391. The molecule has 1 aliphatic carbocycles. The Morgan fingerprint density at radius 2 is 1.93 bits per heavy atom. The third kappa shape index (κ3) is 3.74. The lowest BCUT2D eigenvalue weighted by Gasteiger charge is -2.36. The van der Waals surface area contributed by atoms with E-state index in [1.54, 1.807) is 25.2 Å². The molecule has 4 rings (SSSR count). The van der Waals surface area contributed by atoms with E-state index in [0.29, 0.717) is 16.9 Å². The molecule has 0 atom stereocenters. The summed E-state index contributed by atoms with van der Waals surface area (Å²) in [5.41, 5.74) is 3.53. The third-order valence-electron chi connectivity index (χ3n) is 5.92. The van der Waals surface area contributed by atoms with Crippen LogP contribution in [0.4, 0.5) is 0 Å². The van der Waals surface area contributed by atoms with E-state index in [0.717, 1.165) is 37.7 Å². The molecule has 0 unspecified atom stereocenters. The first kappa shape index (κ1) is 18.5. The van der Waals surface area contributed by atoms with Crippen molar-refractivity contribution in [2.24, 2.45) is 0 Å². The zero-order chi connectivity index (χ0) is 19.5. The van der Waals surface area contributed by atoms with Crippen LogP contribution in [0, 0.1) is 11.3 Å². The summed E-state index contributed by atoms with van der Waals surface area (Å²) in [6, 6.07) is 14.1. The lowest BCUT2D eigenvalue weighted by atomic mass is 9.91. The van der Waals surface area contributed by atoms with Crippen LogP contribution in [0.3, 0.4) is 0 Å². The highest BCUT2D eigenvalue weighted by Crippen LogP contribution is 2.31. The third-order valence-corrected chi connectivity index (χ3v) is 5.92. The normalized spacial score (nSPS) is 17.0. The van der Waals surface area contributed by atoms with Gasteiger partial charge >= 0.3 is 0 Å². The van der Waals surface area contributed by atoms with Crippen LogP contribution in [0.25, 0.3) is 0 Å². The number of benzene rings is 2. The maximum Gasteiger partial charge on any atom is 0.251 e. The van der Waals surface area contributed by atoms with Gasteiger partial charge in [0.2, 0.25) is 0 Å². The van der Waals surface area contributed by atoms with Crippen molar-refractivity contribution in [1.29, 1.82) is 5.26 Å². The van der Waals surface area contributed by atoms with Gasteiger partial charge in [0.15, 0.2) is 0 Å². The molecule has 5 nitrogen and oxygen atoms in total. The highest BCUT2D eigenvalue weighted by atomic mass is 16.5. The predicted molar refractivity (Wildman–Crippen MR) is 108 cm³/mol. The van der Waals surface area contributed by atoms with E-state index in [1.807, 2.05) is 6.07 Å². The van der Waals surface area contributed by atoms with E-state index in [-0.39, 0.29) is 5.91 Å². The van der Waals surface area contributed by atoms with Gasteiger partial charge in [0, 0.05) is 31.7 Å². The van der Waals surface area contributed by atoms with Gasteiger partial charge in [-0.25, -0.2) is 0 Å². The van der Waals surface area contributed by atoms with Crippen molar-refractivity contribution in [2.75, 3.05) is 20.1 Å². The molecule has 0 aromatic heterocycles. The lowest BCUT2D eigenvalue weighted by Crippen LogP contribution is -2.41. The molecule has 1 amide bonds. The summed E-state index contributed by atoms with van der Waals surface area (Å²) >= 11 is 0. The van der Waals surface area contributed by atoms with Crippen LogP contribution in [0.2, 0.25) is 0 Å². The highest BCUT2D eigenvalue weighted by molar-refractivity contribution is 5.94. The first-order chi connectivity index (χ1) is 13.7. The van der Waals surface area contributed by atoms with Crippen molar-refractivity contribution in [3.8, 4) is 17.6 Å². The summed E-state index contributed by atoms with van der Waals surface area (Å²) in [7, 11) is 1.57. The molecule has 0 radical (unpaired) electrons. The van der Waals surface area contributed by atoms with Crippen LogP contribution in [-0.2, 0) is 12.8 Å².